The van der Waals surface area contributed by atoms with E-state index in [1.807, 2.05) is 26.0 Å². The highest BCUT2D eigenvalue weighted by Crippen LogP contribution is 2.25. The van der Waals surface area contributed by atoms with Gasteiger partial charge in [0.05, 0.1) is 19.0 Å². The van der Waals surface area contributed by atoms with E-state index in [9.17, 15) is 9.18 Å². The van der Waals surface area contributed by atoms with Gasteiger partial charge >= 0.3 is 0 Å². The molecule has 1 amide bonds. The number of hydrogen-bond donors (Lipinski definition) is 4. The van der Waals surface area contributed by atoms with Crippen molar-refractivity contribution >= 4 is 29.2 Å². The fourth-order valence-electron chi connectivity index (χ4n) is 3.37. The second kappa shape index (κ2) is 13.5. The number of allylic oxidation sites excluding steroid dienone is 1. The van der Waals surface area contributed by atoms with Crippen LogP contribution >= 0.6 is 11.8 Å². The van der Waals surface area contributed by atoms with E-state index in [1.165, 1.54) is 13.2 Å². The van der Waals surface area contributed by atoms with Crippen molar-refractivity contribution in [2.45, 2.75) is 13.8 Å². The molecule has 1 aromatic heterocycles. The van der Waals surface area contributed by atoms with Gasteiger partial charge in [-0.15, -0.1) is 0 Å². The molecule has 0 unspecified atom stereocenters. The summed E-state index contributed by atoms with van der Waals surface area (Å²) in [6, 6.07) is 10.2. The van der Waals surface area contributed by atoms with E-state index in [4.69, 9.17) is 10.5 Å². The van der Waals surface area contributed by atoms with E-state index in [-0.39, 0.29) is 11.7 Å². The SMILES string of the molecule is C/C=C\N=C(\Nc1ccc(C(=O)NCCSCCN)c(C)c1)c1ncc(-c2ccc(OC)c(F)c2)[nH]1. The minimum atomic E-state index is -0.457. The highest BCUT2D eigenvalue weighted by atomic mass is 32.2. The Labute approximate surface area is 214 Å². The van der Waals surface area contributed by atoms with Crippen LogP contribution in [0.5, 0.6) is 5.75 Å². The molecule has 0 saturated carbocycles. The Morgan fingerprint density at radius 3 is 2.81 bits per heavy atom. The number of aryl methyl sites for hydroxylation is 1. The second-order valence-corrected chi connectivity index (χ2v) is 8.99. The Morgan fingerprint density at radius 1 is 1.28 bits per heavy atom. The van der Waals surface area contributed by atoms with Crippen molar-refractivity contribution in [3.05, 3.63) is 77.6 Å². The van der Waals surface area contributed by atoms with E-state index in [0.29, 0.717) is 41.6 Å². The number of ether oxygens (including phenoxy) is 1. The van der Waals surface area contributed by atoms with E-state index in [0.717, 1.165) is 22.8 Å². The summed E-state index contributed by atoms with van der Waals surface area (Å²) < 4.78 is 19.2. The first kappa shape index (κ1) is 27.0. The molecule has 0 bridgehead atoms. The Bertz CT molecular complexity index is 1240. The zero-order valence-electron chi connectivity index (χ0n) is 20.6. The van der Waals surface area contributed by atoms with Crippen LogP contribution in [0.2, 0.25) is 0 Å². The summed E-state index contributed by atoms with van der Waals surface area (Å²) in [7, 11) is 1.42. The minimum absolute atomic E-state index is 0.113. The monoisotopic (exact) mass is 510 g/mol. The molecule has 2 aromatic carbocycles. The molecular weight excluding hydrogens is 479 g/mol. The largest absolute Gasteiger partial charge is 0.494 e. The van der Waals surface area contributed by atoms with Crippen LogP contribution in [0.15, 0.2) is 59.9 Å². The molecule has 3 rings (SSSR count). The maximum atomic E-state index is 14.2. The number of benzene rings is 2. The summed E-state index contributed by atoms with van der Waals surface area (Å²) in [4.78, 5) is 24.6. The third kappa shape index (κ3) is 7.19. The zero-order chi connectivity index (χ0) is 25.9. The van der Waals surface area contributed by atoms with Gasteiger partial charge in [-0.1, -0.05) is 6.08 Å². The van der Waals surface area contributed by atoms with Crippen LogP contribution in [-0.2, 0) is 0 Å². The van der Waals surface area contributed by atoms with Gasteiger partial charge in [0.25, 0.3) is 5.91 Å². The molecule has 0 spiro atoms. The lowest BCUT2D eigenvalue weighted by Gasteiger charge is -2.12. The first-order valence-electron chi connectivity index (χ1n) is 11.5. The molecule has 5 N–H and O–H groups in total. The standard InChI is InChI=1S/C26H31FN6O2S/c1-4-10-29-24(25-31-16-22(33-25)18-5-8-23(35-3)21(27)15-18)32-19-6-7-20(17(2)14-19)26(34)30-11-13-36-12-9-28/h4-8,10,14-16H,9,11-13,28H2,1-3H3,(H,29,32)(H,30,34)(H,31,33)/b10-4-. The number of amidine groups is 1. The molecule has 0 atom stereocenters. The lowest BCUT2D eigenvalue weighted by molar-refractivity contribution is 0.0955. The van der Waals surface area contributed by atoms with Crippen LogP contribution in [-0.4, -0.2) is 53.4 Å². The average molecular weight is 511 g/mol. The summed E-state index contributed by atoms with van der Waals surface area (Å²) in [5.74, 6) is 2.25. The minimum Gasteiger partial charge on any atom is -0.494 e. The molecule has 0 fully saturated rings. The van der Waals surface area contributed by atoms with Gasteiger partial charge in [0.1, 0.15) is 0 Å². The normalized spacial score (nSPS) is 11.6. The first-order chi connectivity index (χ1) is 17.5. The van der Waals surface area contributed by atoms with Crippen LogP contribution in [0.25, 0.3) is 11.3 Å². The zero-order valence-corrected chi connectivity index (χ0v) is 21.4. The number of aromatic amines is 1. The quantitative estimate of drug-likeness (QED) is 0.173. The maximum Gasteiger partial charge on any atom is 0.251 e. The Morgan fingerprint density at radius 2 is 2.11 bits per heavy atom. The number of nitrogens with one attached hydrogen (secondary N) is 3. The molecular formula is C26H31FN6O2S. The van der Waals surface area contributed by atoms with Crippen LogP contribution in [0.4, 0.5) is 10.1 Å². The predicted octanol–water partition coefficient (Wildman–Crippen LogP) is 4.35. The summed E-state index contributed by atoms with van der Waals surface area (Å²) in [6.07, 6.45) is 5.07. The topological polar surface area (TPSA) is 117 Å². The fraction of sp³-hybridized carbons (Fsp3) is 0.269. The number of hydrogen-bond acceptors (Lipinski definition) is 6. The highest BCUT2D eigenvalue weighted by Gasteiger charge is 2.14. The van der Waals surface area contributed by atoms with Gasteiger partial charge in [0.2, 0.25) is 0 Å². The number of nitrogens with two attached hydrogens (primary N) is 1. The number of aliphatic imine (C=N–C) groups is 1. The molecule has 8 nitrogen and oxygen atoms in total. The molecule has 1 heterocycles. The van der Waals surface area contributed by atoms with Crippen LogP contribution in [0.3, 0.4) is 0 Å². The number of imidazole rings is 1. The molecule has 0 radical (unpaired) electrons. The average Bonchev–Trinajstić information content (AvgIpc) is 3.36. The predicted molar refractivity (Wildman–Crippen MR) is 145 cm³/mol. The van der Waals surface area contributed by atoms with Crippen molar-refractivity contribution < 1.29 is 13.9 Å². The molecule has 0 aliphatic heterocycles. The van der Waals surface area contributed by atoms with Crippen molar-refractivity contribution in [3.63, 3.8) is 0 Å². The van der Waals surface area contributed by atoms with Crippen LogP contribution in [0.1, 0.15) is 28.7 Å². The van der Waals surface area contributed by atoms with Gasteiger partial charge < -0.3 is 26.1 Å². The summed E-state index contributed by atoms with van der Waals surface area (Å²) in [5, 5.41) is 6.20. The smallest absolute Gasteiger partial charge is 0.251 e. The van der Waals surface area contributed by atoms with Gasteiger partial charge in [-0.25, -0.2) is 14.4 Å². The number of amides is 1. The molecule has 0 aliphatic carbocycles. The third-order valence-electron chi connectivity index (χ3n) is 5.14. The Balaban J connectivity index is 1.75. The van der Waals surface area contributed by atoms with E-state index < -0.39 is 5.82 Å². The first-order valence-corrected chi connectivity index (χ1v) is 12.6. The van der Waals surface area contributed by atoms with E-state index in [1.54, 1.807) is 48.4 Å². The van der Waals surface area contributed by atoms with E-state index in [2.05, 4.69) is 25.6 Å². The number of aromatic nitrogens is 2. The van der Waals surface area contributed by atoms with Crippen LogP contribution < -0.4 is 21.1 Å². The number of rotatable bonds is 11. The van der Waals surface area contributed by atoms with Gasteiger partial charge in [0, 0.05) is 47.6 Å². The van der Waals surface area contributed by atoms with Gasteiger partial charge in [-0.3, -0.25) is 4.79 Å². The van der Waals surface area contributed by atoms with Crippen molar-refractivity contribution in [1.29, 1.82) is 0 Å². The van der Waals surface area contributed by atoms with E-state index >= 15 is 0 Å². The molecule has 0 aliphatic rings. The number of methoxy groups -OCH3 is 1. The lowest BCUT2D eigenvalue weighted by Crippen LogP contribution is -2.26. The highest BCUT2D eigenvalue weighted by molar-refractivity contribution is 7.99. The molecule has 190 valence electrons. The maximum absolute atomic E-state index is 14.2. The number of carbonyl (C=O) groups is 1. The Hall–Kier alpha value is -3.63. The fourth-order valence-corrected chi connectivity index (χ4v) is 3.99. The number of H-pyrrole nitrogens is 1. The van der Waals surface area contributed by atoms with Crippen molar-refractivity contribution in [1.82, 2.24) is 15.3 Å². The summed E-state index contributed by atoms with van der Waals surface area (Å²) in [5.41, 5.74) is 8.93. The van der Waals surface area contributed by atoms with Gasteiger partial charge in [-0.05, 0) is 55.8 Å². The molecule has 3 aromatic rings. The number of anilines is 1. The molecule has 10 heteroatoms. The number of thioether (sulfide) groups is 1. The summed E-state index contributed by atoms with van der Waals surface area (Å²) in [6.45, 7) is 4.96. The van der Waals surface area contributed by atoms with Crippen molar-refractivity contribution in [2.24, 2.45) is 10.7 Å². The van der Waals surface area contributed by atoms with Crippen LogP contribution in [0, 0.1) is 12.7 Å². The molecule has 36 heavy (non-hydrogen) atoms. The Kier molecular flexibility index (Phi) is 10.1. The molecule has 0 saturated heterocycles. The van der Waals surface area contributed by atoms with Gasteiger partial charge in [0.15, 0.2) is 23.2 Å². The lowest BCUT2D eigenvalue weighted by atomic mass is 10.1. The van der Waals surface area contributed by atoms with Gasteiger partial charge in [-0.2, -0.15) is 11.8 Å². The number of halogens is 1. The number of nitrogens with zero attached hydrogens (tertiary/aromatic N) is 2. The third-order valence-corrected chi connectivity index (χ3v) is 6.16. The number of carbonyl (C=O) groups excluding carboxylic acids is 1. The van der Waals surface area contributed by atoms with Crippen molar-refractivity contribution in [2.75, 3.05) is 37.0 Å². The van der Waals surface area contributed by atoms with Crippen molar-refractivity contribution in [3.8, 4) is 17.0 Å². The second-order valence-electron chi connectivity index (χ2n) is 7.77. The summed E-state index contributed by atoms with van der Waals surface area (Å²) >= 11 is 1.71.